The van der Waals surface area contributed by atoms with Gasteiger partial charge in [0.25, 0.3) is 0 Å². The molecule has 0 spiro atoms. The van der Waals surface area contributed by atoms with Crippen molar-refractivity contribution in [2.75, 3.05) is 6.61 Å². The lowest BCUT2D eigenvalue weighted by Gasteiger charge is -2.22. The Bertz CT molecular complexity index is 669. The average Bonchev–Trinajstić information content (AvgIpc) is 3.01. The van der Waals surface area contributed by atoms with Gasteiger partial charge in [-0.3, -0.25) is 0 Å². The van der Waals surface area contributed by atoms with Gasteiger partial charge in [0, 0.05) is 12.6 Å². The zero-order valence-electron chi connectivity index (χ0n) is 13.6. The Kier molecular flexibility index (Phi) is 4.32. The number of hydrogen-bond acceptors (Lipinski definition) is 2. The van der Waals surface area contributed by atoms with Gasteiger partial charge in [0.15, 0.2) is 0 Å². The van der Waals surface area contributed by atoms with Gasteiger partial charge in [0.1, 0.15) is 5.75 Å². The molecule has 3 heteroatoms. The predicted octanol–water partition coefficient (Wildman–Crippen LogP) is 4.41. The molecule has 0 unspecified atom stereocenters. The Hall–Kier alpha value is -2.03. The SMILES string of the molecule is CC1=C(Cc2c[nH]cn2)CCc2cc(OCC(C)C)ccc21. The van der Waals surface area contributed by atoms with E-state index in [0.717, 1.165) is 37.3 Å². The highest BCUT2D eigenvalue weighted by Crippen LogP contribution is 2.34. The van der Waals surface area contributed by atoms with E-state index >= 15 is 0 Å². The van der Waals surface area contributed by atoms with Gasteiger partial charge in [-0.25, -0.2) is 4.98 Å². The van der Waals surface area contributed by atoms with E-state index in [0.29, 0.717) is 5.92 Å². The largest absolute Gasteiger partial charge is 0.493 e. The first-order chi connectivity index (χ1) is 10.6. The standard InChI is InChI=1S/C19H24N2O/c1-13(2)11-22-18-6-7-19-14(3)15(4-5-16(19)9-18)8-17-10-20-12-21-17/h6-7,9-10,12-13H,4-5,8,11H2,1-3H3,(H,20,21). The molecule has 1 heterocycles. The number of nitrogens with zero attached hydrogens (tertiary/aromatic N) is 1. The molecule has 116 valence electrons. The first kappa shape index (κ1) is 14.9. The van der Waals surface area contributed by atoms with E-state index in [1.807, 2.05) is 6.20 Å². The van der Waals surface area contributed by atoms with E-state index in [4.69, 9.17) is 4.74 Å². The molecule has 0 fully saturated rings. The highest BCUT2D eigenvalue weighted by molar-refractivity contribution is 5.72. The third kappa shape index (κ3) is 3.24. The van der Waals surface area contributed by atoms with Crippen LogP contribution in [0.1, 0.15) is 44.0 Å². The Morgan fingerprint density at radius 3 is 2.86 bits per heavy atom. The third-order valence-corrected chi connectivity index (χ3v) is 4.24. The molecule has 0 atom stereocenters. The topological polar surface area (TPSA) is 37.9 Å². The van der Waals surface area contributed by atoms with E-state index in [1.54, 1.807) is 6.33 Å². The predicted molar refractivity (Wildman–Crippen MR) is 90.0 cm³/mol. The summed E-state index contributed by atoms with van der Waals surface area (Å²) in [6.45, 7) is 7.35. The number of imidazole rings is 1. The highest BCUT2D eigenvalue weighted by Gasteiger charge is 2.17. The second kappa shape index (κ2) is 6.39. The van der Waals surface area contributed by atoms with E-state index < -0.39 is 0 Å². The van der Waals surface area contributed by atoms with Crippen LogP contribution in [-0.4, -0.2) is 16.6 Å². The van der Waals surface area contributed by atoms with Crippen LogP contribution in [0.4, 0.5) is 0 Å². The number of benzene rings is 1. The fraction of sp³-hybridized carbons (Fsp3) is 0.421. The van der Waals surface area contributed by atoms with Crippen molar-refractivity contribution in [2.24, 2.45) is 5.92 Å². The van der Waals surface area contributed by atoms with Crippen LogP contribution < -0.4 is 4.74 Å². The zero-order chi connectivity index (χ0) is 15.5. The van der Waals surface area contributed by atoms with Crippen molar-refractivity contribution in [1.82, 2.24) is 9.97 Å². The van der Waals surface area contributed by atoms with E-state index in [-0.39, 0.29) is 0 Å². The molecule has 0 saturated heterocycles. The molecular weight excluding hydrogens is 272 g/mol. The zero-order valence-corrected chi connectivity index (χ0v) is 13.6. The fourth-order valence-corrected chi connectivity index (χ4v) is 2.99. The number of fused-ring (bicyclic) bond motifs is 1. The third-order valence-electron chi connectivity index (χ3n) is 4.24. The minimum absolute atomic E-state index is 0.554. The quantitative estimate of drug-likeness (QED) is 0.887. The number of nitrogens with one attached hydrogen (secondary N) is 1. The number of ether oxygens (including phenoxy) is 1. The van der Waals surface area contributed by atoms with Crippen LogP contribution in [0.25, 0.3) is 5.57 Å². The van der Waals surface area contributed by atoms with Gasteiger partial charge in [-0.1, -0.05) is 25.5 Å². The van der Waals surface area contributed by atoms with Crippen molar-refractivity contribution in [1.29, 1.82) is 0 Å². The van der Waals surface area contributed by atoms with Crippen LogP contribution >= 0.6 is 0 Å². The molecule has 0 aliphatic heterocycles. The molecule has 3 rings (SSSR count). The number of allylic oxidation sites excluding steroid dienone is 2. The summed E-state index contributed by atoms with van der Waals surface area (Å²) < 4.78 is 5.85. The number of rotatable bonds is 5. The minimum atomic E-state index is 0.554. The van der Waals surface area contributed by atoms with E-state index in [9.17, 15) is 0 Å². The molecule has 22 heavy (non-hydrogen) atoms. The number of aromatic amines is 1. The summed E-state index contributed by atoms with van der Waals surface area (Å²) in [5.41, 5.74) is 6.79. The molecule has 0 bridgehead atoms. The minimum Gasteiger partial charge on any atom is -0.493 e. The van der Waals surface area contributed by atoms with Crippen LogP contribution in [0.3, 0.4) is 0 Å². The maximum absolute atomic E-state index is 5.85. The molecule has 0 saturated carbocycles. The summed E-state index contributed by atoms with van der Waals surface area (Å²) in [5.74, 6) is 1.55. The Morgan fingerprint density at radius 2 is 2.14 bits per heavy atom. The molecule has 1 aromatic heterocycles. The molecule has 0 amide bonds. The Balaban J connectivity index is 1.80. The molecule has 1 aromatic carbocycles. The van der Waals surface area contributed by atoms with Crippen molar-refractivity contribution in [3.05, 3.63) is 53.1 Å². The van der Waals surface area contributed by atoms with Gasteiger partial charge in [-0.15, -0.1) is 0 Å². The van der Waals surface area contributed by atoms with Crippen LogP contribution in [0.2, 0.25) is 0 Å². The van der Waals surface area contributed by atoms with Crippen LogP contribution in [0.5, 0.6) is 5.75 Å². The summed E-state index contributed by atoms with van der Waals surface area (Å²) in [4.78, 5) is 7.38. The van der Waals surface area contributed by atoms with Crippen molar-refractivity contribution in [3.63, 3.8) is 0 Å². The fourth-order valence-electron chi connectivity index (χ4n) is 2.99. The Labute approximate surface area is 132 Å². The molecule has 2 aromatic rings. The smallest absolute Gasteiger partial charge is 0.119 e. The van der Waals surface area contributed by atoms with Crippen molar-refractivity contribution in [3.8, 4) is 5.75 Å². The number of H-pyrrole nitrogens is 1. The Morgan fingerprint density at radius 1 is 1.27 bits per heavy atom. The first-order valence-corrected chi connectivity index (χ1v) is 8.06. The van der Waals surface area contributed by atoms with Crippen molar-refractivity contribution < 1.29 is 4.74 Å². The second-order valence-corrected chi connectivity index (χ2v) is 6.49. The van der Waals surface area contributed by atoms with Gasteiger partial charge in [-0.05, 0) is 54.5 Å². The number of hydrogen-bond donors (Lipinski definition) is 1. The summed E-state index contributed by atoms with van der Waals surface area (Å²) in [6, 6.07) is 6.53. The van der Waals surface area contributed by atoms with Gasteiger partial charge < -0.3 is 9.72 Å². The maximum Gasteiger partial charge on any atom is 0.119 e. The number of aryl methyl sites for hydroxylation is 1. The lowest BCUT2D eigenvalue weighted by molar-refractivity contribution is 0.271. The maximum atomic E-state index is 5.85. The molecule has 1 aliphatic carbocycles. The molecule has 0 radical (unpaired) electrons. The van der Waals surface area contributed by atoms with Crippen LogP contribution in [-0.2, 0) is 12.8 Å². The van der Waals surface area contributed by atoms with Gasteiger partial charge in [-0.2, -0.15) is 0 Å². The lowest BCUT2D eigenvalue weighted by Crippen LogP contribution is -2.08. The monoisotopic (exact) mass is 296 g/mol. The van der Waals surface area contributed by atoms with Gasteiger partial charge >= 0.3 is 0 Å². The van der Waals surface area contributed by atoms with Gasteiger partial charge in [0.05, 0.1) is 18.6 Å². The number of aromatic nitrogens is 2. The molecular formula is C19H24N2O. The molecule has 1 N–H and O–H groups in total. The van der Waals surface area contributed by atoms with Crippen LogP contribution in [0, 0.1) is 5.92 Å². The summed E-state index contributed by atoms with van der Waals surface area (Å²) in [5, 5.41) is 0. The molecule has 3 nitrogen and oxygen atoms in total. The summed E-state index contributed by atoms with van der Waals surface area (Å²) >= 11 is 0. The first-order valence-electron chi connectivity index (χ1n) is 8.06. The molecule has 1 aliphatic rings. The van der Waals surface area contributed by atoms with E-state index in [2.05, 4.69) is 48.9 Å². The highest BCUT2D eigenvalue weighted by atomic mass is 16.5. The summed E-state index contributed by atoms with van der Waals surface area (Å²) in [7, 11) is 0. The summed E-state index contributed by atoms with van der Waals surface area (Å²) in [6.07, 6.45) is 6.88. The van der Waals surface area contributed by atoms with Crippen molar-refractivity contribution >= 4 is 5.57 Å². The lowest BCUT2D eigenvalue weighted by atomic mass is 9.84. The van der Waals surface area contributed by atoms with Crippen molar-refractivity contribution in [2.45, 2.75) is 40.0 Å². The van der Waals surface area contributed by atoms with Crippen LogP contribution in [0.15, 0.2) is 36.3 Å². The van der Waals surface area contributed by atoms with E-state index in [1.165, 1.54) is 22.3 Å². The average molecular weight is 296 g/mol. The van der Waals surface area contributed by atoms with Gasteiger partial charge in [0.2, 0.25) is 0 Å². The normalized spacial score (nSPS) is 14.4. The second-order valence-electron chi connectivity index (χ2n) is 6.49.